The molecule has 2 amide bonds. The third-order valence-corrected chi connectivity index (χ3v) is 5.53. The van der Waals surface area contributed by atoms with E-state index in [2.05, 4.69) is 43.5 Å². The number of para-hydroxylation sites is 1. The fraction of sp³-hybridized carbons (Fsp3) is 0.154. The van der Waals surface area contributed by atoms with Crippen molar-refractivity contribution in [2.45, 2.75) is 26.8 Å². The maximum absolute atomic E-state index is 12.5. The number of carbonyl (C=O) groups is 2. The van der Waals surface area contributed by atoms with Crippen molar-refractivity contribution in [1.82, 2.24) is 19.3 Å². The molecule has 0 saturated carbocycles. The summed E-state index contributed by atoms with van der Waals surface area (Å²) in [7, 11) is 0. The van der Waals surface area contributed by atoms with E-state index in [1.54, 1.807) is 31.2 Å². The third kappa shape index (κ3) is 5.12. The monoisotopic (exact) mass is 454 g/mol. The largest absolute Gasteiger partial charge is 0.324 e. The molecule has 172 valence electrons. The Morgan fingerprint density at radius 3 is 2.29 bits per heavy atom. The molecule has 4 rings (SSSR count). The van der Waals surface area contributed by atoms with Crippen LogP contribution in [0.4, 0.5) is 11.4 Å². The summed E-state index contributed by atoms with van der Waals surface area (Å²) in [4.78, 5) is 28.7. The van der Waals surface area contributed by atoms with E-state index in [4.69, 9.17) is 0 Å². The maximum atomic E-state index is 12.5. The van der Waals surface area contributed by atoms with Crippen molar-refractivity contribution in [1.29, 1.82) is 0 Å². The molecule has 0 aliphatic rings. The van der Waals surface area contributed by atoms with Crippen LogP contribution in [0, 0.1) is 13.8 Å². The molecule has 4 aromatic rings. The van der Waals surface area contributed by atoms with Gasteiger partial charge in [0.1, 0.15) is 18.7 Å². The number of hydrogen-bond acceptors (Lipinski definition) is 4. The molecule has 1 unspecified atom stereocenters. The number of hydrogen-bond donors (Lipinski definition) is 2. The zero-order valence-corrected chi connectivity index (χ0v) is 19.3. The molecule has 2 aromatic heterocycles. The standard InChI is InChI=1S/C26H26N6O2/c1-18-15-21(19(2)32(18)24-7-5-4-6-8-24)9-14-25(33)29-22-10-12-23(13-11-22)30-26(34)20(3)31-17-27-16-28-31/h4-17,20H,1-3H3,(H,29,33)(H,30,34)/b14-9+. The van der Waals surface area contributed by atoms with Crippen molar-refractivity contribution in [2.75, 3.05) is 10.6 Å². The smallest absolute Gasteiger partial charge is 0.249 e. The zero-order valence-electron chi connectivity index (χ0n) is 19.3. The second-order valence-corrected chi connectivity index (χ2v) is 7.94. The highest BCUT2D eigenvalue weighted by molar-refractivity contribution is 6.02. The number of carbonyl (C=O) groups excluding carboxylic acids is 2. The number of benzene rings is 2. The van der Waals surface area contributed by atoms with Crippen LogP contribution in [0.25, 0.3) is 11.8 Å². The Morgan fingerprint density at radius 2 is 1.65 bits per heavy atom. The van der Waals surface area contributed by atoms with Gasteiger partial charge in [0.05, 0.1) is 0 Å². The molecular weight excluding hydrogens is 428 g/mol. The lowest BCUT2D eigenvalue weighted by molar-refractivity contribution is -0.119. The highest BCUT2D eigenvalue weighted by Gasteiger charge is 2.15. The average Bonchev–Trinajstić information content (AvgIpc) is 3.47. The summed E-state index contributed by atoms with van der Waals surface area (Å²) >= 11 is 0. The van der Waals surface area contributed by atoms with Crippen molar-refractivity contribution >= 4 is 29.3 Å². The predicted octanol–water partition coefficient (Wildman–Crippen LogP) is 4.54. The third-order valence-electron chi connectivity index (χ3n) is 5.53. The molecule has 0 aliphatic heterocycles. The van der Waals surface area contributed by atoms with E-state index in [9.17, 15) is 9.59 Å². The molecule has 8 nitrogen and oxygen atoms in total. The first-order chi connectivity index (χ1) is 16.4. The molecule has 0 aliphatic carbocycles. The van der Waals surface area contributed by atoms with Crippen LogP contribution < -0.4 is 10.6 Å². The molecule has 2 N–H and O–H groups in total. The minimum absolute atomic E-state index is 0.210. The number of rotatable bonds is 7. The quantitative estimate of drug-likeness (QED) is 0.401. The number of aryl methyl sites for hydroxylation is 1. The highest BCUT2D eigenvalue weighted by Crippen LogP contribution is 2.22. The minimum atomic E-state index is -0.490. The maximum Gasteiger partial charge on any atom is 0.249 e. The normalized spacial score (nSPS) is 12.0. The van der Waals surface area contributed by atoms with E-state index >= 15 is 0 Å². The molecule has 0 fully saturated rings. The molecule has 0 radical (unpaired) electrons. The van der Waals surface area contributed by atoms with Gasteiger partial charge in [0.15, 0.2) is 0 Å². The van der Waals surface area contributed by atoms with Gasteiger partial charge in [-0.3, -0.25) is 9.59 Å². The van der Waals surface area contributed by atoms with Crippen molar-refractivity contribution in [2.24, 2.45) is 0 Å². The number of nitrogens with zero attached hydrogens (tertiary/aromatic N) is 4. The molecule has 8 heteroatoms. The van der Waals surface area contributed by atoms with Crippen LogP contribution in [0.5, 0.6) is 0 Å². The van der Waals surface area contributed by atoms with Crippen molar-refractivity contribution in [3.8, 4) is 5.69 Å². The summed E-state index contributed by atoms with van der Waals surface area (Å²) < 4.78 is 3.64. The number of nitrogens with one attached hydrogen (secondary N) is 2. The van der Waals surface area contributed by atoms with Crippen LogP contribution in [0.3, 0.4) is 0 Å². The van der Waals surface area contributed by atoms with E-state index in [-0.39, 0.29) is 11.8 Å². The Kier molecular flexibility index (Phi) is 6.68. The van der Waals surface area contributed by atoms with E-state index in [1.807, 2.05) is 38.1 Å². The fourth-order valence-electron chi connectivity index (χ4n) is 3.70. The van der Waals surface area contributed by atoms with E-state index in [0.29, 0.717) is 11.4 Å². The van der Waals surface area contributed by atoms with Gasteiger partial charge in [-0.05, 0) is 74.9 Å². The summed E-state index contributed by atoms with van der Waals surface area (Å²) in [6.45, 7) is 5.82. The van der Waals surface area contributed by atoms with E-state index in [0.717, 1.165) is 22.6 Å². The van der Waals surface area contributed by atoms with Gasteiger partial charge in [0, 0.05) is 34.5 Å². The van der Waals surface area contributed by atoms with E-state index < -0.39 is 6.04 Å². The molecule has 2 heterocycles. The van der Waals surface area contributed by atoms with E-state index in [1.165, 1.54) is 23.4 Å². The van der Waals surface area contributed by atoms with Crippen LogP contribution in [0.15, 0.2) is 79.4 Å². The van der Waals surface area contributed by atoms with Crippen LogP contribution in [-0.4, -0.2) is 31.1 Å². The topological polar surface area (TPSA) is 93.8 Å². The Morgan fingerprint density at radius 1 is 0.971 bits per heavy atom. The first kappa shape index (κ1) is 22.7. The van der Waals surface area contributed by atoms with Gasteiger partial charge in [-0.2, -0.15) is 5.10 Å². The molecular formula is C26H26N6O2. The fourth-order valence-corrected chi connectivity index (χ4v) is 3.70. The highest BCUT2D eigenvalue weighted by atomic mass is 16.2. The molecule has 34 heavy (non-hydrogen) atoms. The van der Waals surface area contributed by atoms with Gasteiger partial charge >= 0.3 is 0 Å². The molecule has 2 aromatic carbocycles. The minimum Gasteiger partial charge on any atom is -0.324 e. The molecule has 0 spiro atoms. The van der Waals surface area contributed by atoms with Gasteiger partial charge in [-0.1, -0.05) is 18.2 Å². The first-order valence-corrected chi connectivity index (χ1v) is 10.9. The van der Waals surface area contributed by atoms with Gasteiger partial charge in [0.25, 0.3) is 0 Å². The molecule has 1 atom stereocenters. The Bertz CT molecular complexity index is 1310. The number of amides is 2. The molecule has 0 saturated heterocycles. The first-order valence-electron chi connectivity index (χ1n) is 10.9. The van der Waals surface area contributed by atoms with Crippen LogP contribution in [-0.2, 0) is 9.59 Å². The van der Waals surface area contributed by atoms with Crippen molar-refractivity contribution in [3.05, 3.63) is 96.3 Å². The van der Waals surface area contributed by atoms with Gasteiger partial charge in [-0.15, -0.1) is 0 Å². The van der Waals surface area contributed by atoms with Crippen LogP contribution >= 0.6 is 0 Å². The SMILES string of the molecule is Cc1cc(/C=C/C(=O)Nc2ccc(NC(=O)C(C)n3cncn3)cc2)c(C)n1-c1ccccc1. The summed E-state index contributed by atoms with van der Waals surface area (Å²) in [6, 6.07) is 18.6. The summed E-state index contributed by atoms with van der Waals surface area (Å²) in [6.07, 6.45) is 6.22. The Labute approximate surface area is 198 Å². The van der Waals surface area contributed by atoms with Crippen molar-refractivity contribution < 1.29 is 9.59 Å². The number of anilines is 2. The summed E-state index contributed by atoms with van der Waals surface area (Å²) in [5, 5.41) is 9.65. The molecule has 0 bridgehead atoms. The lowest BCUT2D eigenvalue weighted by Gasteiger charge is -2.12. The predicted molar refractivity (Wildman–Crippen MR) is 133 cm³/mol. The second-order valence-electron chi connectivity index (χ2n) is 7.94. The average molecular weight is 455 g/mol. The zero-order chi connectivity index (χ0) is 24.1. The Balaban J connectivity index is 1.37. The van der Waals surface area contributed by atoms with Gasteiger partial charge in [-0.25, -0.2) is 9.67 Å². The van der Waals surface area contributed by atoms with Crippen LogP contribution in [0.2, 0.25) is 0 Å². The van der Waals surface area contributed by atoms with Gasteiger partial charge in [0.2, 0.25) is 11.8 Å². The second kappa shape index (κ2) is 9.99. The summed E-state index contributed by atoms with van der Waals surface area (Å²) in [5.74, 6) is -0.445. The Hall–Kier alpha value is -4.46. The van der Waals surface area contributed by atoms with Gasteiger partial charge < -0.3 is 15.2 Å². The summed E-state index contributed by atoms with van der Waals surface area (Å²) in [5.41, 5.74) is 5.48. The van der Waals surface area contributed by atoms with Crippen molar-refractivity contribution in [3.63, 3.8) is 0 Å². The lowest BCUT2D eigenvalue weighted by atomic mass is 10.2. The lowest BCUT2D eigenvalue weighted by Crippen LogP contribution is -2.24. The number of aromatic nitrogens is 4. The van der Waals surface area contributed by atoms with Crippen LogP contribution in [0.1, 0.15) is 29.9 Å².